The van der Waals surface area contributed by atoms with E-state index in [2.05, 4.69) is 59.9 Å². The summed E-state index contributed by atoms with van der Waals surface area (Å²) < 4.78 is 10.1. The Labute approximate surface area is 209 Å². The van der Waals surface area contributed by atoms with Crippen molar-refractivity contribution in [1.82, 2.24) is 34.3 Å². The Morgan fingerprint density at radius 1 is 1.14 bits per heavy atom. The normalized spacial score (nSPS) is 14.8. The first-order chi connectivity index (χ1) is 17.1. The molecular formula is C25H26BrN7O2. The third-order valence-electron chi connectivity index (χ3n) is 6.95. The maximum Gasteiger partial charge on any atom is 0.284 e. The third kappa shape index (κ3) is 3.80. The number of aromatic amines is 1. The minimum Gasteiger partial charge on any atom is -0.343 e. The van der Waals surface area contributed by atoms with Crippen molar-refractivity contribution in [1.29, 1.82) is 0 Å². The molecular weight excluding hydrogens is 510 g/mol. The molecule has 1 N–H and O–H groups in total. The number of aromatic nitrogens is 7. The molecule has 6 rings (SSSR count). The Morgan fingerprint density at radius 2 is 1.97 bits per heavy atom. The summed E-state index contributed by atoms with van der Waals surface area (Å²) in [6.07, 6.45) is 6.22. The zero-order valence-electron chi connectivity index (χ0n) is 19.5. The van der Waals surface area contributed by atoms with Gasteiger partial charge in [0.05, 0.1) is 15.5 Å². The molecule has 0 atom stereocenters. The predicted molar refractivity (Wildman–Crippen MR) is 134 cm³/mol. The number of nitrogens with one attached hydrogen (secondary N) is 1. The van der Waals surface area contributed by atoms with E-state index in [1.807, 2.05) is 24.3 Å². The van der Waals surface area contributed by atoms with Crippen molar-refractivity contribution in [2.45, 2.75) is 63.8 Å². The van der Waals surface area contributed by atoms with E-state index in [9.17, 15) is 4.79 Å². The van der Waals surface area contributed by atoms with Crippen LogP contribution in [0, 0.1) is 0 Å². The SMILES string of the molecule is CCCCCn1c2cc(Br)[nH]c2c(=O)n2c(CCc3nc(C4(c5ccccc5)CC4)no3)nnc12. The first-order valence-electron chi connectivity index (χ1n) is 12.1. The van der Waals surface area contributed by atoms with Crippen molar-refractivity contribution >= 4 is 32.7 Å². The van der Waals surface area contributed by atoms with E-state index in [1.54, 1.807) is 4.40 Å². The van der Waals surface area contributed by atoms with Crippen molar-refractivity contribution < 1.29 is 4.52 Å². The Balaban J connectivity index is 1.30. The summed E-state index contributed by atoms with van der Waals surface area (Å²) >= 11 is 3.47. The Bertz CT molecular complexity index is 1560. The molecule has 35 heavy (non-hydrogen) atoms. The van der Waals surface area contributed by atoms with Gasteiger partial charge in [-0.2, -0.15) is 4.98 Å². The average molecular weight is 536 g/mol. The molecule has 1 saturated carbocycles. The average Bonchev–Trinajstić information content (AvgIpc) is 3.19. The number of hydrogen-bond acceptors (Lipinski definition) is 6. The standard InChI is InChI=1S/C25H26BrN7O2/c1-2-3-7-14-32-17-15-18(26)27-21(17)22(34)33-19(29-30-24(32)33)10-11-20-28-23(31-35-20)25(12-13-25)16-8-5-4-6-9-16/h4-6,8-9,15,27H,2-3,7,10-14H2,1H3. The topological polar surface area (TPSA) is 107 Å². The van der Waals surface area contributed by atoms with Gasteiger partial charge in [-0.05, 0) is 46.8 Å². The summed E-state index contributed by atoms with van der Waals surface area (Å²) in [5.74, 6) is 2.44. The lowest BCUT2D eigenvalue weighted by Crippen LogP contribution is -2.21. The first kappa shape index (κ1) is 22.2. The van der Waals surface area contributed by atoms with E-state index in [0.717, 1.165) is 54.6 Å². The number of hydrogen-bond donors (Lipinski definition) is 1. The van der Waals surface area contributed by atoms with Crippen LogP contribution in [0.4, 0.5) is 0 Å². The highest BCUT2D eigenvalue weighted by Gasteiger charge is 2.49. The third-order valence-corrected chi connectivity index (χ3v) is 7.37. The van der Waals surface area contributed by atoms with Gasteiger partial charge in [0.15, 0.2) is 5.82 Å². The van der Waals surface area contributed by atoms with E-state index in [-0.39, 0.29) is 11.0 Å². The van der Waals surface area contributed by atoms with Crippen LogP contribution in [-0.4, -0.2) is 34.3 Å². The van der Waals surface area contributed by atoms with Gasteiger partial charge in [0, 0.05) is 19.4 Å². The molecule has 9 nitrogen and oxygen atoms in total. The lowest BCUT2D eigenvalue weighted by atomic mass is 9.95. The molecule has 0 aliphatic heterocycles. The van der Waals surface area contributed by atoms with Crippen LogP contribution in [0.3, 0.4) is 0 Å². The highest BCUT2D eigenvalue weighted by molar-refractivity contribution is 9.10. The molecule has 180 valence electrons. The fourth-order valence-electron chi connectivity index (χ4n) is 4.89. The predicted octanol–water partition coefficient (Wildman–Crippen LogP) is 4.57. The van der Waals surface area contributed by atoms with Crippen LogP contribution in [0.15, 0.2) is 50.3 Å². The largest absolute Gasteiger partial charge is 0.343 e. The zero-order valence-corrected chi connectivity index (χ0v) is 21.1. The Morgan fingerprint density at radius 3 is 2.74 bits per heavy atom. The minimum atomic E-state index is -0.153. The molecule has 5 aromatic rings. The second kappa shape index (κ2) is 8.75. The lowest BCUT2D eigenvalue weighted by molar-refractivity contribution is 0.369. The number of rotatable bonds is 9. The number of halogens is 1. The Hall–Kier alpha value is -3.27. The maximum atomic E-state index is 13.3. The number of H-pyrrole nitrogens is 1. The summed E-state index contributed by atoms with van der Waals surface area (Å²) in [5.41, 5.74) is 2.31. The molecule has 4 aromatic heterocycles. The fourth-order valence-corrected chi connectivity index (χ4v) is 5.31. The molecule has 1 aliphatic rings. The number of unbranched alkanes of at least 4 members (excludes halogenated alkanes) is 2. The van der Waals surface area contributed by atoms with Crippen LogP contribution >= 0.6 is 15.9 Å². The minimum absolute atomic E-state index is 0.136. The Kier molecular flexibility index (Phi) is 5.55. The van der Waals surface area contributed by atoms with Crippen LogP contribution < -0.4 is 5.56 Å². The summed E-state index contributed by atoms with van der Waals surface area (Å²) in [5, 5.41) is 13.1. The molecule has 0 spiro atoms. The van der Waals surface area contributed by atoms with E-state index in [0.29, 0.717) is 35.9 Å². The van der Waals surface area contributed by atoms with E-state index < -0.39 is 0 Å². The number of nitrogens with zero attached hydrogens (tertiary/aromatic N) is 6. The van der Waals surface area contributed by atoms with Gasteiger partial charge in [-0.1, -0.05) is 55.3 Å². The first-order valence-corrected chi connectivity index (χ1v) is 12.9. The van der Waals surface area contributed by atoms with E-state index in [1.165, 1.54) is 5.56 Å². The van der Waals surface area contributed by atoms with Gasteiger partial charge in [-0.15, -0.1) is 10.2 Å². The molecule has 0 saturated heterocycles. The molecule has 0 radical (unpaired) electrons. The van der Waals surface area contributed by atoms with Gasteiger partial charge in [-0.3, -0.25) is 4.79 Å². The second-order valence-corrected chi connectivity index (χ2v) is 10.1. The molecule has 0 bridgehead atoms. The van der Waals surface area contributed by atoms with Gasteiger partial charge >= 0.3 is 0 Å². The van der Waals surface area contributed by atoms with Crippen LogP contribution in [0.25, 0.3) is 16.8 Å². The van der Waals surface area contributed by atoms with E-state index in [4.69, 9.17) is 9.51 Å². The monoisotopic (exact) mass is 535 g/mol. The summed E-state index contributed by atoms with van der Waals surface area (Å²) in [7, 11) is 0. The second-order valence-electron chi connectivity index (χ2n) is 9.25. The van der Waals surface area contributed by atoms with Crippen LogP contribution in [0.5, 0.6) is 0 Å². The molecule has 4 heterocycles. The number of aryl methyl sites for hydroxylation is 3. The highest BCUT2D eigenvalue weighted by Crippen LogP contribution is 2.52. The lowest BCUT2D eigenvalue weighted by Gasteiger charge is -2.10. The van der Waals surface area contributed by atoms with Gasteiger partial charge in [0.1, 0.15) is 11.3 Å². The molecule has 1 aromatic carbocycles. The van der Waals surface area contributed by atoms with Crippen LogP contribution in [-0.2, 0) is 24.8 Å². The molecule has 1 fully saturated rings. The van der Waals surface area contributed by atoms with Gasteiger partial charge in [0.25, 0.3) is 5.56 Å². The van der Waals surface area contributed by atoms with Crippen LogP contribution in [0.2, 0.25) is 0 Å². The van der Waals surface area contributed by atoms with E-state index >= 15 is 0 Å². The van der Waals surface area contributed by atoms with Gasteiger partial charge in [0.2, 0.25) is 11.7 Å². The van der Waals surface area contributed by atoms with Gasteiger partial charge in [-0.25, -0.2) is 4.40 Å². The van der Waals surface area contributed by atoms with Gasteiger partial charge < -0.3 is 14.1 Å². The van der Waals surface area contributed by atoms with Crippen molar-refractivity contribution in [2.75, 3.05) is 0 Å². The van der Waals surface area contributed by atoms with Crippen molar-refractivity contribution in [2.24, 2.45) is 0 Å². The molecule has 0 amide bonds. The highest BCUT2D eigenvalue weighted by atomic mass is 79.9. The number of benzene rings is 1. The van der Waals surface area contributed by atoms with Crippen molar-refractivity contribution in [3.8, 4) is 0 Å². The smallest absolute Gasteiger partial charge is 0.284 e. The van der Waals surface area contributed by atoms with Crippen molar-refractivity contribution in [3.63, 3.8) is 0 Å². The number of fused-ring (bicyclic) bond motifs is 2. The summed E-state index contributed by atoms with van der Waals surface area (Å²) in [6, 6.07) is 12.3. The molecule has 10 heteroatoms. The molecule has 0 unspecified atom stereocenters. The fraction of sp³-hybridized carbons (Fsp3) is 0.400. The quantitative estimate of drug-likeness (QED) is 0.277. The maximum absolute atomic E-state index is 13.3. The van der Waals surface area contributed by atoms with Crippen molar-refractivity contribution in [3.05, 3.63) is 74.5 Å². The van der Waals surface area contributed by atoms with Crippen LogP contribution in [0.1, 0.15) is 62.1 Å². The zero-order chi connectivity index (χ0) is 24.0. The summed E-state index contributed by atoms with van der Waals surface area (Å²) in [6.45, 7) is 2.94. The summed E-state index contributed by atoms with van der Waals surface area (Å²) in [4.78, 5) is 21.2. The molecule has 1 aliphatic carbocycles.